The number of ether oxygens (including phenoxy) is 1. The van der Waals surface area contributed by atoms with Gasteiger partial charge in [0.25, 0.3) is 0 Å². The van der Waals surface area contributed by atoms with E-state index >= 15 is 0 Å². The number of rotatable bonds is 3. The van der Waals surface area contributed by atoms with Crippen LogP contribution in [0.4, 0.5) is 0 Å². The molecule has 2 aliphatic rings. The molecule has 30 heavy (non-hydrogen) atoms. The molecule has 1 fully saturated rings. The van der Waals surface area contributed by atoms with Gasteiger partial charge in [-0.25, -0.2) is 0 Å². The number of hydrogen-bond acceptors (Lipinski definition) is 4. The molecule has 0 bridgehead atoms. The largest absolute Gasteiger partial charge is 0.490 e. The maximum absolute atomic E-state index is 6.28. The Balaban J connectivity index is 1.37. The van der Waals surface area contributed by atoms with Crippen LogP contribution in [0, 0.1) is 0 Å². The molecule has 5 rings (SSSR count). The highest BCUT2D eigenvalue weighted by molar-refractivity contribution is 6.31. The van der Waals surface area contributed by atoms with Crippen molar-refractivity contribution in [2.75, 3.05) is 7.05 Å². The van der Waals surface area contributed by atoms with Gasteiger partial charge in [-0.2, -0.15) is 0 Å². The van der Waals surface area contributed by atoms with Gasteiger partial charge >= 0.3 is 0 Å². The summed E-state index contributed by atoms with van der Waals surface area (Å²) in [6.45, 7) is 1.62. The quantitative estimate of drug-likeness (QED) is 0.527. The zero-order valence-corrected chi connectivity index (χ0v) is 18.4. The van der Waals surface area contributed by atoms with Gasteiger partial charge in [0, 0.05) is 22.5 Å². The molecule has 1 aliphatic heterocycles. The van der Waals surface area contributed by atoms with Crippen molar-refractivity contribution in [2.24, 2.45) is 0 Å². The zero-order valence-electron chi connectivity index (χ0n) is 16.9. The van der Waals surface area contributed by atoms with E-state index in [2.05, 4.69) is 38.8 Å². The van der Waals surface area contributed by atoms with E-state index in [-0.39, 0.29) is 6.10 Å². The summed E-state index contributed by atoms with van der Waals surface area (Å²) in [7, 11) is 2.10. The summed E-state index contributed by atoms with van der Waals surface area (Å²) in [6.07, 6.45) is 4.26. The van der Waals surface area contributed by atoms with Gasteiger partial charge in [-0.3, -0.25) is 9.47 Å². The Morgan fingerprint density at radius 1 is 0.933 bits per heavy atom. The standard InChI is InChI=1S/C23H24Cl2N4O/c1-28-13-16-11-18(25)7-10-21(16)29-22(14-28)26-27-23(29)15-5-8-19(9-6-15)30-20-4-2-3-17(24)12-20/h2-4,7,10-12,15,19H,5-6,8-9,13-14H2,1H3/t15-,19-. The number of halogens is 2. The Morgan fingerprint density at radius 3 is 2.53 bits per heavy atom. The van der Waals surface area contributed by atoms with Crippen LogP contribution in [0.3, 0.4) is 0 Å². The molecule has 156 valence electrons. The van der Waals surface area contributed by atoms with Crippen LogP contribution < -0.4 is 4.74 Å². The molecule has 5 nitrogen and oxygen atoms in total. The van der Waals surface area contributed by atoms with Gasteiger partial charge in [0.15, 0.2) is 5.82 Å². The van der Waals surface area contributed by atoms with E-state index < -0.39 is 0 Å². The number of benzene rings is 2. The Labute approximate surface area is 186 Å². The van der Waals surface area contributed by atoms with Crippen molar-refractivity contribution >= 4 is 23.2 Å². The monoisotopic (exact) mass is 442 g/mol. The third-order valence-corrected chi connectivity index (χ3v) is 6.50. The van der Waals surface area contributed by atoms with Gasteiger partial charge in [-0.15, -0.1) is 10.2 Å². The highest BCUT2D eigenvalue weighted by Gasteiger charge is 2.30. The van der Waals surface area contributed by atoms with Crippen LogP contribution in [0.15, 0.2) is 42.5 Å². The summed E-state index contributed by atoms with van der Waals surface area (Å²) in [4.78, 5) is 2.25. The Hall–Kier alpha value is -2.08. The first-order chi connectivity index (χ1) is 14.6. The Bertz CT molecular complexity index is 1060. The third kappa shape index (κ3) is 3.94. The van der Waals surface area contributed by atoms with Gasteiger partial charge in [0.05, 0.1) is 18.3 Å². The summed E-state index contributed by atoms with van der Waals surface area (Å²) in [5, 5.41) is 10.7. The van der Waals surface area contributed by atoms with E-state index in [1.165, 1.54) is 5.56 Å². The summed E-state index contributed by atoms with van der Waals surface area (Å²) >= 11 is 12.4. The Kier molecular flexibility index (Phi) is 5.44. The second-order valence-corrected chi connectivity index (χ2v) is 9.18. The molecular formula is C23H24Cl2N4O. The number of nitrogens with zero attached hydrogens (tertiary/aromatic N) is 4. The minimum Gasteiger partial charge on any atom is -0.490 e. The van der Waals surface area contributed by atoms with Crippen LogP contribution >= 0.6 is 23.2 Å². The lowest BCUT2D eigenvalue weighted by Gasteiger charge is -2.29. The van der Waals surface area contributed by atoms with Crippen LogP contribution in [0.5, 0.6) is 5.75 Å². The van der Waals surface area contributed by atoms with Gasteiger partial charge < -0.3 is 4.74 Å². The number of fused-ring (bicyclic) bond motifs is 3. The van der Waals surface area contributed by atoms with E-state index in [4.69, 9.17) is 27.9 Å². The molecule has 0 N–H and O–H groups in total. The first-order valence-corrected chi connectivity index (χ1v) is 11.2. The summed E-state index contributed by atoms with van der Waals surface area (Å²) in [6, 6.07) is 13.7. The maximum atomic E-state index is 6.28. The fraction of sp³-hybridized carbons (Fsp3) is 0.391. The van der Waals surface area contributed by atoms with Gasteiger partial charge in [-0.05, 0) is 74.7 Å². The normalized spacial score (nSPS) is 21.6. The van der Waals surface area contributed by atoms with Crippen LogP contribution in [0.25, 0.3) is 5.69 Å². The molecule has 2 heterocycles. The fourth-order valence-corrected chi connectivity index (χ4v) is 4.99. The smallest absolute Gasteiger partial charge is 0.151 e. The Morgan fingerprint density at radius 2 is 1.73 bits per heavy atom. The molecule has 1 aliphatic carbocycles. The van der Waals surface area contributed by atoms with E-state index in [0.29, 0.717) is 10.9 Å². The fourth-order valence-electron chi connectivity index (χ4n) is 4.62. The molecule has 0 unspecified atom stereocenters. The SMILES string of the molecule is CN1Cc2cc(Cl)ccc2-n2c(nnc2[C@H]2CC[C@H](Oc3cccc(Cl)c3)CC2)C1. The van der Waals surface area contributed by atoms with Crippen molar-refractivity contribution in [2.45, 2.75) is 50.8 Å². The minimum atomic E-state index is 0.212. The van der Waals surface area contributed by atoms with Crippen LogP contribution in [0.1, 0.15) is 48.8 Å². The minimum absolute atomic E-state index is 0.212. The van der Waals surface area contributed by atoms with E-state index in [1.54, 1.807) is 0 Å². The molecule has 1 saturated carbocycles. The van der Waals surface area contributed by atoms with Gasteiger partial charge in [-0.1, -0.05) is 29.3 Å². The van der Waals surface area contributed by atoms with Crippen LogP contribution in [-0.4, -0.2) is 32.8 Å². The highest BCUT2D eigenvalue weighted by atomic mass is 35.5. The van der Waals surface area contributed by atoms with Crippen molar-refractivity contribution in [1.29, 1.82) is 0 Å². The molecular weight excluding hydrogens is 419 g/mol. The average Bonchev–Trinajstić information content (AvgIpc) is 3.06. The van der Waals surface area contributed by atoms with Crippen molar-refractivity contribution in [3.05, 3.63) is 69.7 Å². The summed E-state index contributed by atoms with van der Waals surface area (Å²) in [5.41, 5.74) is 2.36. The predicted molar refractivity (Wildman–Crippen MR) is 119 cm³/mol. The lowest BCUT2D eigenvalue weighted by Crippen LogP contribution is -2.25. The molecule has 0 atom stereocenters. The summed E-state index contributed by atoms with van der Waals surface area (Å²) < 4.78 is 8.43. The number of aromatic nitrogens is 3. The lowest BCUT2D eigenvalue weighted by atomic mass is 9.86. The second kappa shape index (κ2) is 8.22. The van der Waals surface area contributed by atoms with E-state index in [0.717, 1.165) is 66.9 Å². The average molecular weight is 443 g/mol. The molecule has 0 spiro atoms. The van der Waals surface area contributed by atoms with Gasteiger partial charge in [0.2, 0.25) is 0 Å². The van der Waals surface area contributed by atoms with Crippen molar-refractivity contribution in [3.63, 3.8) is 0 Å². The molecule has 7 heteroatoms. The van der Waals surface area contributed by atoms with E-state index in [9.17, 15) is 0 Å². The molecule has 2 aromatic carbocycles. The summed E-state index contributed by atoms with van der Waals surface area (Å²) in [5.74, 6) is 3.27. The molecule has 0 saturated heterocycles. The lowest BCUT2D eigenvalue weighted by molar-refractivity contribution is 0.144. The van der Waals surface area contributed by atoms with Crippen molar-refractivity contribution in [1.82, 2.24) is 19.7 Å². The molecule has 0 radical (unpaired) electrons. The van der Waals surface area contributed by atoms with Crippen molar-refractivity contribution < 1.29 is 4.74 Å². The van der Waals surface area contributed by atoms with Crippen molar-refractivity contribution in [3.8, 4) is 11.4 Å². The first-order valence-electron chi connectivity index (χ1n) is 10.4. The van der Waals surface area contributed by atoms with E-state index in [1.807, 2.05) is 30.3 Å². The molecule has 0 amide bonds. The second-order valence-electron chi connectivity index (χ2n) is 8.30. The van der Waals surface area contributed by atoms with Crippen LogP contribution in [-0.2, 0) is 13.1 Å². The predicted octanol–water partition coefficient (Wildman–Crippen LogP) is 5.62. The molecule has 3 aromatic rings. The maximum Gasteiger partial charge on any atom is 0.151 e. The van der Waals surface area contributed by atoms with Crippen LogP contribution in [0.2, 0.25) is 10.0 Å². The highest BCUT2D eigenvalue weighted by Crippen LogP contribution is 2.37. The number of hydrogen-bond donors (Lipinski definition) is 0. The molecule has 1 aromatic heterocycles. The van der Waals surface area contributed by atoms with Gasteiger partial charge in [0.1, 0.15) is 11.6 Å². The third-order valence-electron chi connectivity index (χ3n) is 6.03. The zero-order chi connectivity index (χ0) is 20.7. The first kappa shape index (κ1) is 19.9. The topological polar surface area (TPSA) is 43.2 Å².